The van der Waals surface area contributed by atoms with Crippen molar-refractivity contribution in [3.63, 3.8) is 0 Å². The average Bonchev–Trinajstić information content (AvgIpc) is 2.19. The molecule has 1 atom stereocenters. The Bertz CT molecular complexity index is 327. The van der Waals surface area contributed by atoms with Crippen LogP contribution in [0.25, 0.3) is 0 Å². The van der Waals surface area contributed by atoms with E-state index in [1.165, 1.54) is 22.6 Å². The van der Waals surface area contributed by atoms with Crippen LogP contribution in [0.2, 0.25) is 5.02 Å². The fraction of sp³-hybridized carbons (Fsp3) is 0.455. The molecule has 14 heavy (non-hydrogen) atoms. The molecule has 0 radical (unpaired) electrons. The molecule has 0 saturated heterocycles. The normalized spacial score (nSPS) is 20.6. The SMILES string of the molecule is CNCC1CCSc2ccc(Cl)cc21. The molecule has 0 aliphatic carbocycles. The first-order valence-corrected chi connectivity index (χ1v) is 6.24. The maximum absolute atomic E-state index is 6.01. The van der Waals surface area contributed by atoms with Crippen LogP contribution >= 0.6 is 23.4 Å². The third-order valence-electron chi connectivity index (χ3n) is 2.59. The molecule has 1 N–H and O–H groups in total. The lowest BCUT2D eigenvalue weighted by Crippen LogP contribution is -2.20. The quantitative estimate of drug-likeness (QED) is 0.833. The van der Waals surface area contributed by atoms with Crippen LogP contribution in [0.5, 0.6) is 0 Å². The molecule has 1 aliphatic rings. The number of rotatable bonds is 2. The Labute approximate surface area is 94.2 Å². The van der Waals surface area contributed by atoms with Gasteiger partial charge in [0.15, 0.2) is 0 Å². The Morgan fingerprint density at radius 2 is 2.43 bits per heavy atom. The molecule has 1 aromatic rings. The van der Waals surface area contributed by atoms with E-state index in [-0.39, 0.29) is 0 Å². The molecule has 2 rings (SSSR count). The second-order valence-corrected chi connectivity index (χ2v) is 5.15. The third-order valence-corrected chi connectivity index (χ3v) is 3.94. The minimum atomic E-state index is 0.634. The molecule has 3 heteroatoms. The van der Waals surface area contributed by atoms with Crippen LogP contribution in [0.15, 0.2) is 23.1 Å². The summed E-state index contributed by atoms with van der Waals surface area (Å²) < 4.78 is 0. The molecule has 0 bridgehead atoms. The highest BCUT2D eigenvalue weighted by atomic mass is 35.5. The number of fused-ring (bicyclic) bond motifs is 1. The lowest BCUT2D eigenvalue weighted by atomic mass is 9.96. The molecule has 0 saturated carbocycles. The van der Waals surface area contributed by atoms with Crippen molar-refractivity contribution in [3.05, 3.63) is 28.8 Å². The summed E-state index contributed by atoms with van der Waals surface area (Å²) in [6.07, 6.45) is 1.25. The smallest absolute Gasteiger partial charge is 0.0409 e. The molecule has 0 spiro atoms. The van der Waals surface area contributed by atoms with Gasteiger partial charge in [-0.1, -0.05) is 11.6 Å². The average molecular weight is 228 g/mol. The summed E-state index contributed by atoms with van der Waals surface area (Å²) in [7, 11) is 2.01. The number of likely N-dealkylation sites (N-methyl/N-ethyl adjacent to an activating group) is 1. The van der Waals surface area contributed by atoms with Gasteiger partial charge in [-0.3, -0.25) is 0 Å². The number of hydrogen-bond acceptors (Lipinski definition) is 2. The highest BCUT2D eigenvalue weighted by Crippen LogP contribution is 2.38. The van der Waals surface area contributed by atoms with E-state index in [1.54, 1.807) is 0 Å². The van der Waals surface area contributed by atoms with Crippen LogP contribution in [0.3, 0.4) is 0 Å². The first kappa shape index (κ1) is 10.3. The van der Waals surface area contributed by atoms with Crippen molar-refractivity contribution < 1.29 is 0 Å². The van der Waals surface area contributed by atoms with Gasteiger partial charge in [0.05, 0.1) is 0 Å². The Morgan fingerprint density at radius 3 is 3.21 bits per heavy atom. The first-order chi connectivity index (χ1) is 6.81. The zero-order valence-corrected chi connectivity index (χ0v) is 9.79. The summed E-state index contributed by atoms with van der Waals surface area (Å²) in [5.74, 6) is 1.86. The van der Waals surface area contributed by atoms with E-state index >= 15 is 0 Å². The van der Waals surface area contributed by atoms with Crippen LogP contribution < -0.4 is 5.32 Å². The van der Waals surface area contributed by atoms with Crippen molar-refractivity contribution in [2.24, 2.45) is 0 Å². The Balaban J connectivity index is 2.32. The van der Waals surface area contributed by atoms with E-state index in [2.05, 4.69) is 17.4 Å². The summed E-state index contributed by atoms with van der Waals surface area (Å²) >= 11 is 7.95. The Kier molecular flexibility index (Phi) is 3.37. The minimum Gasteiger partial charge on any atom is -0.319 e. The largest absolute Gasteiger partial charge is 0.319 e. The van der Waals surface area contributed by atoms with E-state index in [9.17, 15) is 0 Å². The van der Waals surface area contributed by atoms with Crippen molar-refractivity contribution in [2.45, 2.75) is 17.2 Å². The van der Waals surface area contributed by atoms with Gasteiger partial charge in [-0.05, 0) is 48.9 Å². The van der Waals surface area contributed by atoms with Crippen molar-refractivity contribution in [1.29, 1.82) is 0 Å². The highest BCUT2D eigenvalue weighted by molar-refractivity contribution is 7.99. The molecule has 1 unspecified atom stereocenters. The zero-order valence-electron chi connectivity index (χ0n) is 8.22. The fourth-order valence-corrected chi connectivity index (χ4v) is 3.25. The molecule has 76 valence electrons. The van der Waals surface area contributed by atoms with Crippen LogP contribution in [0.4, 0.5) is 0 Å². The molecule has 0 aromatic heterocycles. The summed E-state index contributed by atoms with van der Waals surface area (Å²) in [5, 5.41) is 4.10. The van der Waals surface area contributed by atoms with Crippen LogP contribution in [-0.4, -0.2) is 19.3 Å². The summed E-state index contributed by atoms with van der Waals surface area (Å²) in [6, 6.07) is 6.24. The number of hydrogen-bond donors (Lipinski definition) is 1. The van der Waals surface area contributed by atoms with Gasteiger partial charge in [0, 0.05) is 16.5 Å². The minimum absolute atomic E-state index is 0.634. The monoisotopic (exact) mass is 227 g/mol. The summed E-state index contributed by atoms with van der Waals surface area (Å²) in [4.78, 5) is 1.40. The zero-order chi connectivity index (χ0) is 9.97. The molecule has 1 aliphatic heterocycles. The predicted molar refractivity (Wildman–Crippen MR) is 63.5 cm³/mol. The van der Waals surface area contributed by atoms with Gasteiger partial charge in [0.1, 0.15) is 0 Å². The second-order valence-electron chi connectivity index (χ2n) is 3.57. The van der Waals surface area contributed by atoms with Crippen molar-refractivity contribution in [2.75, 3.05) is 19.3 Å². The second kappa shape index (κ2) is 4.56. The van der Waals surface area contributed by atoms with E-state index in [4.69, 9.17) is 11.6 Å². The lowest BCUT2D eigenvalue weighted by Gasteiger charge is -2.24. The molecule has 1 aromatic carbocycles. The Hall–Kier alpha value is -0.180. The van der Waals surface area contributed by atoms with Crippen LogP contribution in [0, 0.1) is 0 Å². The van der Waals surface area contributed by atoms with Crippen molar-refractivity contribution in [3.8, 4) is 0 Å². The van der Waals surface area contributed by atoms with Gasteiger partial charge < -0.3 is 5.32 Å². The van der Waals surface area contributed by atoms with Gasteiger partial charge in [-0.2, -0.15) is 0 Å². The maximum Gasteiger partial charge on any atom is 0.0409 e. The molecular weight excluding hydrogens is 214 g/mol. The molecular formula is C11H14ClNS. The van der Waals surface area contributed by atoms with Gasteiger partial charge in [0.2, 0.25) is 0 Å². The summed E-state index contributed by atoms with van der Waals surface area (Å²) in [5.41, 5.74) is 1.42. The summed E-state index contributed by atoms with van der Waals surface area (Å²) in [6.45, 7) is 1.05. The van der Waals surface area contributed by atoms with E-state index in [1.807, 2.05) is 24.9 Å². The molecule has 1 heterocycles. The molecule has 0 amide bonds. The molecule has 0 fully saturated rings. The number of benzene rings is 1. The first-order valence-electron chi connectivity index (χ1n) is 4.88. The predicted octanol–water partition coefficient (Wildman–Crippen LogP) is 3.14. The van der Waals surface area contributed by atoms with Crippen molar-refractivity contribution >= 4 is 23.4 Å². The molecule has 1 nitrogen and oxygen atoms in total. The lowest BCUT2D eigenvalue weighted by molar-refractivity contribution is 0.600. The van der Waals surface area contributed by atoms with E-state index in [0.29, 0.717) is 5.92 Å². The highest BCUT2D eigenvalue weighted by Gasteiger charge is 2.19. The van der Waals surface area contributed by atoms with Gasteiger partial charge in [-0.15, -0.1) is 11.8 Å². The Morgan fingerprint density at radius 1 is 1.57 bits per heavy atom. The van der Waals surface area contributed by atoms with E-state index in [0.717, 1.165) is 11.6 Å². The van der Waals surface area contributed by atoms with Crippen LogP contribution in [0.1, 0.15) is 17.9 Å². The number of nitrogens with one attached hydrogen (secondary N) is 1. The standard InChI is InChI=1S/C11H14ClNS/c1-13-7-8-4-5-14-11-3-2-9(12)6-10(8)11/h2-3,6,8,13H,4-5,7H2,1H3. The maximum atomic E-state index is 6.01. The van der Waals surface area contributed by atoms with Gasteiger partial charge >= 0.3 is 0 Å². The number of thioether (sulfide) groups is 1. The number of halogens is 1. The van der Waals surface area contributed by atoms with Gasteiger partial charge in [-0.25, -0.2) is 0 Å². The fourth-order valence-electron chi connectivity index (χ4n) is 1.89. The van der Waals surface area contributed by atoms with Gasteiger partial charge in [0.25, 0.3) is 0 Å². The van der Waals surface area contributed by atoms with Crippen LogP contribution in [-0.2, 0) is 0 Å². The van der Waals surface area contributed by atoms with Crippen molar-refractivity contribution in [1.82, 2.24) is 5.32 Å². The van der Waals surface area contributed by atoms with E-state index < -0.39 is 0 Å². The topological polar surface area (TPSA) is 12.0 Å². The third kappa shape index (κ3) is 2.08.